The monoisotopic (exact) mass is 322 g/mol. The van der Waals surface area contributed by atoms with Gasteiger partial charge in [-0.15, -0.1) is 6.42 Å². The molecule has 0 radical (unpaired) electrons. The zero-order valence-corrected chi connectivity index (χ0v) is 13.7. The number of nitrogens with one attached hydrogen (secondary N) is 2. The average molecular weight is 322 g/mol. The molecule has 4 heteroatoms. The van der Waals surface area contributed by atoms with Gasteiger partial charge in [-0.25, -0.2) is 4.79 Å². The first-order chi connectivity index (χ1) is 11.6. The van der Waals surface area contributed by atoms with Crippen molar-refractivity contribution in [2.45, 2.75) is 25.4 Å². The van der Waals surface area contributed by atoms with Crippen molar-refractivity contribution in [3.05, 3.63) is 65.7 Å². The Morgan fingerprint density at radius 3 is 2.62 bits per heavy atom. The first kappa shape index (κ1) is 17.6. The third kappa shape index (κ3) is 5.45. The van der Waals surface area contributed by atoms with Crippen molar-refractivity contribution in [1.29, 1.82) is 0 Å². The van der Waals surface area contributed by atoms with Crippen molar-refractivity contribution in [2.75, 3.05) is 11.9 Å². The van der Waals surface area contributed by atoms with Gasteiger partial charge in [-0.1, -0.05) is 42.3 Å². The van der Waals surface area contributed by atoms with Crippen LogP contribution in [0.2, 0.25) is 0 Å². The second kappa shape index (κ2) is 8.76. The first-order valence-corrected chi connectivity index (χ1v) is 7.93. The number of hydrogen-bond donors (Lipinski definition) is 3. The molecule has 2 atom stereocenters. The molecule has 4 nitrogen and oxygen atoms in total. The summed E-state index contributed by atoms with van der Waals surface area (Å²) >= 11 is 0. The molecule has 2 aromatic rings. The van der Waals surface area contributed by atoms with E-state index in [9.17, 15) is 9.90 Å². The smallest absolute Gasteiger partial charge is 0.319 e. The Morgan fingerprint density at radius 1 is 1.21 bits per heavy atom. The number of terminal acetylenes is 1. The van der Waals surface area contributed by atoms with Crippen LogP contribution in [0.4, 0.5) is 10.5 Å². The van der Waals surface area contributed by atoms with Crippen LogP contribution >= 0.6 is 0 Å². The molecule has 0 saturated heterocycles. The van der Waals surface area contributed by atoms with Gasteiger partial charge in [-0.3, -0.25) is 0 Å². The van der Waals surface area contributed by atoms with Crippen LogP contribution in [0.5, 0.6) is 0 Å². The highest BCUT2D eigenvalue weighted by atomic mass is 16.3. The molecule has 2 amide bonds. The van der Waals surface area contributed by atoms with Gasteiger partial charge in [0, 0.05) is 23.7 Å². The van der Waals surface area contributed by atoms with E-state index in [-0.39, 0.29) is 11.9 Å². The number of hydrogen-bond acceptors (Lipinski definition) is 2. The normalized spacial score (nSPS) is 12.7. The fraction of sp³-hybridized carbons (Fsp3) is 0.250. The molecule has 0 bridgehead atoms. The molecule has 2 rings (SSSR count). The van der Waals surface area contributed by atoms with Crippen LogP contribution in [-0.4, -0.2) is 23.8 Å². The lowest BCUT2D eigenvalue weighted by Crippen LogP contribution is -2.33. The van der Waals surface area contributed by atoms with E-state index in [1.165, 1.54) is 0 Å². The number of benzene rings is 2. The van der Waals surface area contributed by atoms with E-state index in [0.29, 0.717) is 24.2 Å². The highest BCUT2D eigenvalue weighted by molar-refractivity contribution is 5.89. The number of amides is 2. The molecule has 2 aromatic carbocycles. The number of carbonyl (C=O) groups excluding carboxylic acids is 1. The molecule has 0 aromatic heterocycles. The molecule has 0 aliphatic heterocycles. The summed E-state index contributed by atoms with van der Waals surface area (Å²) in [7, 11) is 0. The van der Waals surface area contributed by atoms with Crippen molar-refractivity contribution >= 4 is 11.7 Å². The zero-order chi connectivity index (χ0) is 17.4. The van der Waals surface area contributed by atoms with E-state index in [4.69, 9.17) is 6.42 Å². The lowest BCUT2D eigenvalue weighted by atomic mass is 9.93. The summed E-state index contributed by atoms with van der Waals surface area (Å²) in [5.74, 6) is 2.58. The zero-order valence-electron chi connectivity index (χ0n) is 13.7. The second-order valence-corrected chi connectivity index (χ2v) is 5.75. The van der Waals surface area contributed by atoms with Crippen molar-refractivity contribution in [3.63, 3.8) is 0 Å². The molecule has 3 N–H and O–H groups in total. The molecule has 0 aliphatic rings. The summed E-state index contributed by atoms with van der Waals surface area (Å²) in [6.07, 6.45) is 5.50. The number of carbonyl (C=O) groups is 1. The number of rotatable bonds is 6. The van der Waals surface area contributed by atoms with E-state index in [1.54, 1.807) is 31.2 Å². The molecular weight excluding hydrogens is 300 g/mol. The highest BCUT2D eigenvalue weighted by Gasteiger charge is 2.15. The van der Waals surface area contributed by atoms with Crippen LogP contribution in [-0.2, 0) is 0 Å². The molecule has 0 heterocycles. The molecular formula is C20H22N2O2. The Kier molecular flexibility index (Phi) is 6.41. The maximum Gasteiger partial charge on any atom is 0.319 e. The fourth-order valence-electron chi connectivity index (χ4n) is 2.55. The van der Waals surface area contributed by atoms with E-state index in [0.717, 1.165) is 5.56 Å². The Morgan fingerprint density at radius 2 is 1.96 bits per heavy atom. The lowest BCUT2D eigenvalue weighted by molar-refractivity contribution is 0.173. The van der Waals surface area contributed by atoms with Crippen LogP contribution in [0.25, 0.3) is 0 Å². The largest absolute Gasteiger partial charge is 0.393 e. The maximum absolute atomic E-state index is 12.1. The molecule has 124 valence electrons. The summed E-state index contributed by atoms with van der Waals surface area (Å²) in [6.45, 7) is 2.19. The van der Waals surface area contributed by atoms with Gasteiger partial charge in [-0.2, -0.15) is 0 Å². The standard InChI is InChI=1S/C20H22N2O2/c1-3-16-8-7-11-19(13-16)22-20(24)21-14-18(12-15(2)23)17-9-5-4-6-10-17/h1,4-11,13,15,18,23H,12,14H2,2H3,(H2,21,22,24). The van der Waals surface area contributed by atoms with Gasteiger partial charge >= 0.3 is 6.03 Å². The van der Waals surface area contributed by atoms with Crippen LogP contribution < -0.4 is 10.6 Å². The molecule has 0 aliphatic carbocycles. The molecule has 0 saturated carbocycles. The Labute approximate surface area is 142 Å². The van der Waals surface area contributed by atoms with Gasteiger partial charge in [0.05, 0.1) is 6.10 Å². The molecule has 0 spiro atoms. The predicted octanol–water partition coefficient (Wildman–Crippen LogP) is 3.34. The van der Waals surface area contributed by atoms with Gasteiger partial charge in [0.1, 0.15) is 0 Å². The van der Waals surface area contributed by atoms with Crippen molar-refractivity contribution in [2.24, 2.45) is 0 Å². The number of aliphatic hydroxyl groups is 1. The van der Waals surface area contributed by atoms with Crippen molar-refractivity contribution in [3.8, 4) is 12.3 Å². The van der Waals surface area contributed by atoms with Gasteiger partial charge in [0.2, 0.25) is 0 Å². The topological polar surface area (TPSA) is 61.4 Å². The number of anilines is 1. The van der Waals surface area contributed by atoms with Crippen LogP contribution in [0.1, 0.15) is 30.4 Å². The molecule has 0 fully saturated rings. The summed E-state index contributed by atoms with van der Waals surface area (Å²) in [5.41, 5.74) is 2.45. The third-order valence-electron chi connectivity index (χ3n) is 3.69. The van der Waals surface area contributed by atoms with E-state index in [1.807, 2.05) is 30.3 Å². The maximum atomic E-state index is 12.1. The SMILES string of the molecule is C#Cc1cccc(NC(=O)NCC(CC(C)O)c2ccccc2)c1. The number of urea groups is 1. The van der Waals surface area contributed by atoms with Gasteiger partial charge in [0.15, 0.2) is 0 Å². The minimum absolute atomic E-state index is 0.0500. The van der Waals surface area contributed by atoms with Gasteiger partial charge in [-0.05, 0) is 37.1 Å². The van der Waals surface area contributed by atoms with E-state index < -0.39 is 6.10 Å². The molecule has 24 heavy (non-hydrogen) atoms. The highest BCUT2D eigenvalue weighted by Crippen LogP contribution is 2.20. The summed E-state index contributed by atoms with van der Waals surface area (Å²) in [4.78, 5) is 12.1. The molecule has 2 unspecified atom stereocenters. The lowest BCUT2D eigenvalue weighted by Gasteiger charge is -2.20. The first-order valence-electron chi connectivity index (χ1n) is 7.93. The van der Waals surface area contributed by atoms with Crippen molar-refractivity contribution in [1.82, 2.24) is 5.32 Å². The Bertz CT molecular complexity index is 705. The van der Waals surface area contributed by atoms with Gasteiger partial charge < -0.3 is 15.7 Å². The Hall–Kier alpha value is -2.77. The van der Waals surface area contributed by atoms with Crippen LogP contribution in [0.3, 0.4) is 0 Å². The van der Waals surface area contributed by atoms with Crippen LogP contribution in [0, 0.1) is 12.3 Å². The van der Waals surface area contributed by atoms with E-state index in [2.05, 4.69) is 16.6 Å². The number of aliphatic hydroxyl groups excluding tert-OH is 1. The Balaban J connectivity index is 1.95. The second-order valence-electron chi connectivity index (χ2n) is 5.75. The van der Waals surface area contributed by atoms with Crippen molar-refractivity contribution < 1.29 is 9.90 Å². The predicted molar refractivity (Wildman–Crippen MR) is 96.9 cm³/mol. The fourth-order valence-corrected chi connectivity index (χ4v) is 2.55. The van der Waals surface area contributed by atoms with Gasteiger partial charge in [0.25, 0.3) is 0 Å². The summed E-state index contributed by atoms with van der Waals surface area (Å²) in [5, 5.41) is 15.3. The van der Waals surface area contributed by atoms with E-state index >= 15 is 0 Å². The quantitative estimate of drug-likeness (QED) is 0.714. The third-order valence-corrected chi connectivity index (χ3v) is 3.69. The summed E-state index contributed by atoms with van der Waals surface area (Å²) in [6, 6.07) is 16.7. The summed E-state index contributed by atoms with van der Waals surface area (Å²) < 4.78 is 0. The average Bonchev–Trinajstić information content (AvgIpc) is 2.59. The van der Waals surface area contributed by atoms with Crippen LogP contribution in [0.15, 0.2) is 54.6 Å². The minimum atomic E-state index is -0.438. The minimum Gasteiger partial charge on any atom is -0.393 e.